The molecule has 33 heavy (non-hydrogen) atoms. The third-order valence-corrected chi connectivity index (χ3v) is 5.66. The van der Waals surface area contributed by atoms with Gasteiger partial charge in [0.15, 0.2) is 0 Å². The largest absolute Gasteiger partial charge is 0.300 e. The number of Topliss-reactive ketones (excluding diaryl/α,β-unsaturated/α-hetero) is 1. The average Bonchev–Trinajstić information content (AvgIpc) is 3.11. The van der Waals surface area contributed by atoms with Crippen molar-refractivity contribution in [3.05, 3.63) is 65.3 Å². The fourth-order valence-corrected chi connectivity index (χ4v) is 3.98. The molecule has 0 aliphatic carbocycles. The number of pyridine rings is 1. The first kappa shape index (κ1) is 24.8. The second kappa shape index (κ2) is 11.4. The number of allylic oxidation sites excluding steroid dienone is 2. The van der Waals surface area contributed by atoms with Gasteiger partial charge in [-0.05, 0) is 55.1 Å². The van der Waals surface area contributed by atoms with Gasteiger partial charge in [0.2, 0.25) is 0 Å². The van der Waals surface area contributed by atoms with Crippen molar-refractivity contribution >= 4 is 12.0 Å². The summed E-state index contributed by atoms with van der Waals surface area (Å²) < 4.78 is 40.9. The number of carbonyl (C=O) groups excluding carboxylic acids is 1. The van der Waals surface area contributed by atoms with Crippen molar-refractivity contribution < 1.29 is 18.0 Å². The van der Waals surface area contributed by atoms with Gasteiger partial charge in [-0.1, -0.05) is 24.3 Å². The van der Waals surface area contributed by atoms with Gasteiger partial charge in [0.05, 0.1) is 6.54 Å². The molecule has 0 atom stereocenters. The van der Waals surface area contributed by atoms with Crippen LogP contribution in [0.5, 0.6) is 0 Å². The van der Waals surface area contributed by atoms with Crippen molar-refractivity contribution in [3.63, 3.8) is 0 Å². The molecule has 2 heterocycles. The van der Waals surface area contributed by atoms with Crippen LogP contribution in [0.3, 0.4) is 0 Å². The van der Waals surface area contributed by atoms with Crippen LogP contribution in [0.4, 0.5) is 13.2 Å². The Bertz CT molecular complexity index is 1020. The van der Waals surface area contributed by atoms with Crippen LogP contribution in [0, 0.1) is 5.82 Å². The van der Waals surface area contributed by atoms with Gasteiger partial charge in [-0.25, -0.2) is 13.2 Å². The maximum absolute atomic E-state index is 14.3. The van der Waals surface area contributed by atoms with Crippen LogP contribution in [0.1, 0.15) is 37.4 Å². The number of alkyl halides is 2. The number of benzene rings is 1. The van der Waals surface area contributed by atoms with Crippen molar-refractivity contribution in [1.29, 1.82) is 0 Å². The minimum absolute atomic E-state index is 0.0482. The van der Waals surface area contributed by atoms with Gasteiger partial charge >= 0.3 is 0 Å². The predicted octanol–water partition coefficient (Wildman–Crippen LogP) is 5.31. The summed E-state index contributed by atoms with van der Waals surface area (Å²) in [5.74, 6) is -3.02. The Balaban J connectivity index is 1.58. The summed E-state index contributed by atoms with van der Waals surface area (Å²) in [6.45, 7) is 2.42. The number of unbranched alkanes of at least 4 members (excludes halogenated alkanes) is 1. The van der Waals surface area contributed by atoms with Gasteiger partial charge in [0.25, 0.3) is 5.92 Å². The van der Waals surface area contributed by atoms with E-state index in [-0.39, 0.29) is 25.2 Å². The second-order valence-corrected chi connectivity index (χ2v) is 8.59. The molecule has 7 heteroatoms. The van der Waals surface area contributed by atoms with Crippen LogP contribution in [0.2, 0.25) is 0 Å². The molecule has 0 spiro atoms. The third kappa shape index (κ3) is 7.63. The second-order valence-electron chi connectivity index (χ2n) is 8.59. The maximum atomic E-state index is 14.3. The fourth-order valence-electron chi connectivity index (χ4n) is 3.98. The molecule has 1 aliphatic heterocycles. The van der Waals surface area contributed by atoms with Crippen LogP contribution in [0.25, 0.3) is 11.1 Å². The molecule has 1 aromatic carbocycles. The first-order chi connectivity index (χ1) is 15.8. The Kier molecular flexibility index (Phi) is 8.55. The molecule has 1 aliphatic rings. The van der Waals surface area contributed by atoms with Gasteiger partial charge in [-0.2, -0.15) is 0 Å². The lowest BCUT2D eigenvalue weighted by Crippen LogP contribution is -2.26. The number of nitrogens with zero attached hydrogens (tertiary/aromatic N) is 3. The Morgan fingerprint density at radius 3 is 2.61 bits per heavy atom. The maximum Gasteiger partial charge on any atom is 0.261 e. The van der Waals surface area contributed by atoms with Crippen LogP contribution in [-0.2, 0) is 17.6 Å². The van der Waals surface area contributed by atoms with Crippen LogP contribution >= 0.6 is 0 Å². The van der Waals surface area contributed by atoms with Crippen molar-refractivity contribution in [2.24, 2.45) is 4.99 Å². The number of hydrogen-bond donors (Lipinski definition) is 0. The first-order valence-electron chi connectivity index (χ1n) is 11.2. The lowest BCUT2D eigenvalue weighted by molar-refractivity contribution is -0.116. The van der Waals surface area contributed by atoms with Crippen molar-refractivity contribution in [2.45, 2.75) is 45.0 Å². The van der Waals surface area contributed by atoms with Crippen molar-refractivity contribution in [3.8, 4) is 11.1 Å². The number of aromatic nitrogens is 1. The van der Waals surface area contributed by atoms with Crippen LogP contribution < -0.4 is 0 Å². The van der Waals surface area contributed by atoms with Crippen molar-refractivity contribution in [1.82, 2.24) is 9.88 Å². The van der Waals surface area contributed by atoms with E-state index in [9.17, 15) is 18.0 Å². The predicted molar refractivity (Wildman–Crippen MR) is 125 cm³/mol. The third-order valence-electron chi connectivity index (χ3n) is 5.66. The van der Waals surface area contributed by atoms with Crippen molar-refractivity contribution in [2.75, 3.05) is 26.7 Å². The quantitative estimate of drug-likeness (QED) is 0.359. The topological polar surface area (TPSA) is 45.6 Å². The van der Waals surface area contributed by atoms with E-state index >= 15 is 0 Å². The highest BCUT2D eigenvalue weighted by Gasteiger charge is 2.37. The molecule has 0 bridgehead atoms. The van der Waals surface area contributed by atoms with E-state index in [2.05, 4.69) is 16.1 Å². The molecular weight excluding hydrogens is 427 g/mol. The van der Waals surface area contributed by atoms with E-state index in [1.165, 1.54) is 13.0 Å². The smallest absolute Gasteiger partial charge is 0.261 e. The molecule has 0 unspecified atom stereocenters. The molecule has 1 saturated heterocycles. The molecule has 176 valence electrons. The SMILES string of the molecule is CN=C/C(=C\CCCN1CCC(F)(F)C1)Cc1ccc(-c2ccc(CC(C)=O)c(F)c2)cn1. The molecule has 4 nitrogen and oxygen atoms in total. The molecule has 0 radical (unpaired) electrons. The number of aliphatic imine (C=N–C) groups is 1. The normalized spacial score (nSPS) is 16.6. The zero-order valence-electron chi connectivity index (χ0n) is 19.2. The summed E-state index contributed by atoms with van der Waals surface area (Å²) in [4.78, 5) is 21.7. The Morgan fingerprint density at radius 1 is 1.21 bits per heavy atom. The molecule has 1 fully saturated rings. The lowest BCUT2D eigenvalue weighted by atomic mass is 10.0. The first-order valence-corrected chi connectivity index (χ1v) is 11.2. The molecule has 0 amide bonds. The van der Waals surface area contributed by atoms with E-state index < -0.39 is 11.7 Å². The van der Waals surface area contributed by atoms with Gasteiger partial charge in [-0.3, -0.25) is 19.7 Å². The van der Waals surface area contributed by atoms with Gasteiger partial charge in [0, 0.05) is 56.5 Å². The summed E-state index contributed by atoms with van der Waals surface area (Å²) >= 11 is 0. The van der Waals surface area contributed by atoms with Crippen LogP contribution in [0.15, 0.2) is 53.2 Å². The number of ketones is 1. The van der Waals surface area contributed by atoms with Gasteiger partial charge in [0.1, 0.15) is 11.6 Å². The molecule has 1 aromatic heterocycles. The highest BCUT2D eigenvalue weighted by atomic mass is 19.3. The molecule has 2 aromatic rings. The lowest BCUT2D eigenvalue weighted by Gasteiger charge is -2.14. The van der Waals surface area contributed by atoms with E-state index in [0.717, 1.165) is 29.7 Å². The van der Waals surface area contributed by atoms with Gasteiger partial charge in [-0.15, -0.1) is 0 Å². The zero-order chi connectivity index (χ0) is 23.8. The average molecular weight is 458 g/mol. The number of carbonyl (C=O) groups is 1. The number of halogens is 3. The molecule has 0 N–H and O–H groups in total. The fraction of sp³-hybridized carbons (Fsp3) is 0.423. The monoisotopic (exact) mass is 457 g/mol. The standard InChI is InChI=1S/C26H30F3N3O/c1-19(33)13-22-7-6-21(15-25(22)27)23-8-9-24(31-17-23)14-20(16-30-2)5-3-4-11-32-12-10-26(28,29)18-32/h5-9,15-17H,3-4,10-14,18H2,1-2H3/b20-5-,30-16?. The van der Waals surface area contributed by atoms with E-state index in [1.54, 1.807) is 31.6 Å². The minimum atomic E-state index is -2.55. The molecule has 0 saturated carbocycles. The number of hydrogen-bond acceptors (Lipinski definition) is 4. The molecular formula is C26H30F3N3O. The highest BCUT2D eigenvalue weighted by Crippen LogP contribution is 2.27. The zero-order valence-corrected chi connectivity index (χ0v) is 19.2. The summed E-state index contributed by atoms with van der Waals surface area (Å²) in [5.41, 5.74) is 3.77. The van der Waals surface area contributed by atoms with E-state index in [1.807, 2.05) is 17.0 Å². The van der Waals surface area contributed by atoms with E-state index in [4.69, 9.17) is 0 Å². The van der Waals surface area contributed by atoms with E-state index in [0.29, 0.717) is 30.6 Å². The summed E-state index contributed by atoms with van der Waals surface area (Å²) in [5, 5.41) is 0. The van der Waals surface area contributed by atoms with Crippen LogP contribution in [-0.4, -0.2) is 54.5 Å². The number of likely N-dealkylation sites (tertiary alicyclic amines) is 1. The molecule has 3 rings (SSSR count). The summed E-state index contributed by atoms with van der Waals surface area (Å²) in [7, 11) is 1.71. The Hall–Kier alpha value is -2.80. The summed E-state index contributed by atoms with van der Waals surface area (Å²) in [6.07, 6.45) is 7.83. The Labute approximate surface area is 193 Å². The summed E-state index contributed by atoms with van der Waals surface area (Å²) in [6, 6.07) is 8.67. The van der Waals surface area contributed by atoms with Gasteiger partial charge < -0.3 is 0 Å². The number of rotatable bonds is 10. The Morgan fingerprint density at radius 2 is 2.00 bits per heavy atom. The highest BCUT2D eigenvalue weighted by molar-refractivity contribution is 5.79. The minimum Gasteiger partial charge on any atom is -0.300 e.